The molecule has 0 atom stereocenters. The second-order valence-corrected chi connectivity index (χ2v) is 4.30. The van der Waals surface area contributed by atoms with Crippen molar-refractivity contribution >= 4 is 15.9 Å². The van der Waals surface area contributed by atoms with Gasteiger partial charge in [-0.2, -0.15) is 0 Å². The molecule has 1 aromatic carbocycles. The van der Waals surface area contributed by atoms with Crippen LogP contribution in [0.1, 0.15) is 0 Å². The zero-order valence-corrected chi connectivity index (χ0v) is 10.7. The molecule has 1 aromatic heterocycles. The number of nitrogens with zero attached hydrogens (tertiary/aromatic N) is 2. The fourth-order valence-corrected chi connectivity index (χ4v) is 1.58. The van der Waals surface area contributed by atoms with Crippen molar-refractivity contribution in [3.63, 3.8) is 0 Å². The summed E-state index contributed by atoms with van der Waals surface area (Å²) in [7, 11) is 0. The summed E-state index contributed by atoms with van der Waals surface area (Å²) in [5.41, 5.74) is 6.31. The molecule has 0 saturated carbocycles. The van der Waals surface area contributed by atoms with Crippen molar-refractivity contribution in [1.82, 2.24) is 9.97 Å². The van der Waals surface area contributed by atoms with Crippen LogP contribution in [-0.4, -0.2) is 23.1 Å². The molecule has 5 heteroatoms. The standard InChI is InChI=1S/C12H12BrN3O/c13-10-3-1-9(2-4-10)12-15-7-11(8-16-12)17-6-5-14/h1-4,7-8H,5-6,14H2. The maximum absolute atomic E-state index is 5.34. The molecule has 2 rings (SSSR count). The minimum absolute atomic E-state index is 0.473. The SMILES string of the molecule is NCCOc1cnc(-c2ccc(Br)cc2)nc1. The van der Waals surface area contributed by atoms with E-state index in [1.807, 2.05) is 24.3 Å². The van der Waals surface area contributed by atoms with Gasteiger partial charge in [0.2, 0.25) is 0 Å². The van der Waals surface area contributed by atoms with Gasteiger partial charge in [0.05, 0.1) is 12.4 Å². The molecule has 17 heavy (non-hydrogen) atoms. The molecule has 2 aromatic rings. The second kappa shape index (κ2) is 5.75. The summed E-state index contributed by atoms with van der Waals surface area (Å²) in [4.78, 5) is 8.48. The van der Waals surface area contributed by atoms with Gasteiger partial charge in [0.25, 0.3) is 0 Å². The first-order chi connectivity index (χ1) is 8.29. The topological polar surface area (TPSA) is 61.0 Å². The lowest BCUT2D eigenvalue weighted by molar-refractivity contribution is 0.325. The number of hydrogen-bond donors (Lipinski definition) is 1. The summed E-state index contributed by atoms with van der Waals surface area (Å²) in [5.74, 6) is 1.31. The molecule has 0 aliphatic carbocycles. The third kappa shape index (κ3) is 3.25. The van der Waals surface area contributed by atoms with Gasteiger partial charge in [0.1, 0.15) is 6.61 Å². The zero-order valence-electron chi connectivity index (χ0n) is 9.14. The predicted octanol–water partition coefficient (Wildman–Crippen LogP) is 2.24. The average Bonchev–Trinajstić information content (AvgIpc) is 2.38. The molecule has 1 heterocycles. The lowest BCUT2D eigenvalue weighted by Crippen LogP contribution is -2.10. The van der Waals surface area contributed by atoms with Crippen LogP contribution < -0.4 is 10.5 Å². The largest absolute Gasteiger partial charge is 0.489 e. The van der Waals surface area contributed by atoms with Crippen LogP contribution >= 0.6 is 15.9 Å². The number of rotatable bonds is 4. The Labute approximate surface area is 108 Å². The Morgan fingerprint density at radius 1 is 1.12 bits per heavy atom. The molecular formula is C12H12BrN3O. The minimum atomic E-state index is 0.473. The van der Waals surface area contributed by atoms with Gasteiger partial charge in [0.15, 0.2) is 11.6 Å². The number of benzene rings is 1. The molecule has 0 radical (unpaired) electrons. The Kier molecular flexibility index (Phi) is 4.06. The molecular weight excluding hydrogens is 282 g/mol. The van der Waals surface area contributed by atoms with Crippen LogP contribution in [0.25, 0.3) is 11.4 Å². The highest BCUT2D eigenvalue weighted by Crippen LogP contribution is 2.19. The molecule has 2 N–H and O–H groups in total. The number of halogens is 1. The summed E-state index contributed by atoms with van der Waals surface area (Å²) >= 11 is 3.39. The van der Waals surface area contributed by atoms with Crippen molar-refractivity contribution in [2.24, 2.45) is 5.73 Å². The van der Waals surface area contributed by atoms with Gasteiger partial charge in [0, 0.05) is 16.6 Å². The molecule has 0 aliphatic rings. The van der Waals surface area contributed by atoms with Crippen LogP contribution in [0.5, 0.6) is 5.75 Å². The van der Waals surface area contributed by atoms with Crippen molar-refractivity contribution in [3.05, 3.63) is 41.1 Å². The van der Waals surface area contributed by atoms with Gasteiger partial charge >= 0.3 is 0 Å². The molecule has 0 saturated heterocycles. The van der Waals surface area contributed by atoms with Crippen LogP contribution in [0.4, 0.5) is 0 Å². The molecule has 88 valence electrons. The van der Waals surface area contributed by atoms with E-state index in [2.05, 4.69) is 25.9 Å². The van der Waals surface area contributed by atoms with E-state index in [0.29, 0.717) is 24.7 Å². The fourth-order valence-electron chi connectivity index (χ4n) is 1.32. The number of aromatic nitrogens is 2. The Morgan fingerprint density at radius 2 is 1.76 bits per heavy atom. The first-order valence-corrected chi connectivity index (χ1v) is 6.00. The lowest BCUT2D eigenvalue weighted by atomic mass is 10.2. The van der Waals surface area contributed by atoms with Crippen LogP contribution in [0.3, 0.4) is 0 Å². The van der Waals surface area contributed by atoms with Gasteiger partial charge in [-0.25, -0.2) is 9.97 Å². The summed E-state index contributed by atoms with van der Waals surface area (Å²) in [6.45, 7) is 0.954. The maximum atomic E-state index is 5.34. The molecule has 0 unspecified atom stereocenters. The van der Waals surface area contributed by atoms with Gasteiger partial charge in [-0.1, -0.05) is 28.1 Å². The normalized spacial score (nSPS) is 10.2. The van der Waals surface area contributed by atoms with Crippen LogP contribution in [0.2, 0.25) is 0 Å². The van der Waals surface area contributed by atoms with Gasteiger partial charge < -0.3 is 10.5 Å². The predicted molar refractivity (Wildman–Crippen MR) is 69.7 cm³/mol. The van der Waals surface area contributed by atoms with Crippen molar-refractivity contribution in [2.45, 2.75) is 0 Å². The van der Waals surface area contributed by atoms with E-state index in [1.165, 1.54) is 0 Å². The van der Waals surface area contributed by atoms with Crippen LogP contribution in [0, 0.1) is 0 Å². The van der Waals surface area contributed by atoms with E-state index in [-0.39, 0.29) is 0 Å². The van der Waals surface area contributed by atoms with Crippen molar-refractivity contribution in [1.29, 1.82) is 0 Å². The van der Waals surface area contributed by atoms with Crippen molar-refractivity contribution in [2.75, 3.05) is 13.2 Å². The minimum Gasteiger partial charge on any atom is -0.489 e. The number of nitrogens with two attached hydrogens (primary N) is 1. The number of ether oxygens (including phenoxy) is 1. The van der Waals surface area contributed by atoms with E-state index < -0.39 is 0 Å². The first-order valence-electron chi connectivity index (χ1n) is 5.20. The molecule has 0 fully saturated rings. The quantitative estimate of drug-likeness (QED) is 0.939. The van der Waals surface area contributed by atoms with E-state index in [9.17, 15) is 0 Å². The van der Waals surface area contributed by atoms with Gasteiger partial charge in [-0.3, -0.25) is 0 Å². The Morgan fingerprint density at radius 3 is 2.35 bits per heavy atom. The van der Waals surface area contributed by atoms with E-state index in [1.54, 1.807) is 12.4 Å². The molecule has 0 aliphatic heterocycles. The van der Waals surface area contributed by atoms with Gasteiger partial charge in [-0.05, 0) is 12.1 Å². The monoisotopic (exact) mass is 293 g/mol. The molecule has 0 bridgehead atoms. The third-order valence-electron chi connectivity index (χ3n) is 2.12. The van der Waals surface area contributed by atoms with E-state index in [4.69, 9.17) is 10.5 Å². The van der Waals surface area contributed by atoms with Gasteiger partial charge in [-0.15, -0.1) is 0 Å². The van der Waals surface area contributed by atoms with Crippen molar-refractivity contribution < 1.29 is 4.74 Å². The van der Waals surface area contributed by atoms with E-state index >= 15 is 0 Å². The fraction of sp³-hybridized carbons (Fsp3) is 0.167. The first kappa shape index (κ1) is 12.0. The molecule has 4 nitrogen and oxygen atoms in total. The third-order valence-corrected chi connectivity index (χ3v) is 2.65. The van der Waals surface area contributed by atoms with Crippen molar-refractivity contribution in [3.8, 4) is 17.1 Å². The summed E-state index contributed by atoms with van der Waals surface area (Å²) < 4.78 is 6.34. The summed E-state index contributed by atoms with van der Waals surface area (Å²) in [6, 6.07) is 7.83. The number of hydrogen-bond acceptors (Lipinski definition) is 4. The highest BCUT2D eigenvalue weighted by atomic mass is 79.9. The lowest BCUT2D eigenvalue weighted by Gasteiger charge is -2.04. The smallest absolute Gasteiger partial charge is 0.159 e. The summed E-state index contributed by atoms with van der Waals surface area (Å²) in [5, 5.41) is 0. The Bertz CT molecular complexity index is 470. The van der Waals surface area contributed by atoms with Crippen LogP contribution in [-0.2, 0) is 0 Å². The summed E-state index contributed by atoms with van der Waals surface area (Å²) in [6.07, 6.45) is 3.31. The zero-order chi connectivity index (χ0) is 12.1. The van der Waals surface area contributed by atoms with E-state index in [0.717, 1.165) is 10.0 Å². The molecule has 0 spiro atoms. The van der Waals surface area contributed by atoms with Crippen LogP contribution in [0.15, 0.2) is 41.1 Å². The molecule has 0 amide bonds. The second-order valence-electron chi connectivity index (χ2n) is 3.39. The Balaban J connectivity index is 2.14. The Hall–Kier alpha value is -1.46. The highest BCUT2D eigenvalue weighted by molar-refractivity contribution is 9.10. The highest BCUT2D eigenvalue weighted by Gasteiger charge is 2.01. The average molecular weight is 294 g/mol. The maximum Gasteiger partial charge on any atom is 0.159 e.